The van der Waals surface area contributed by atoms with Gasteiger partial charge in [0.05, 0.1) is 6.10 Å². The molecule has 1 fully saturated rings. The van der Waals surface area contributed by atoms with Gasteiger partial charge >= 0.3 is 0 Å². The van der Waals surface area contributed by atoms with E-state index in [9.17, 15) is 13.9 Å². The lowest BCUT2D eigenvalue weighted by atomic mass is 10.1. The standard InChI is InChI=1S/C15H21F2NO2/c1-2-12(19)10-18-7-5-13(6-8-18)20-15-4-3-11(16)9-14(15)17/h3-4,9,12-13,19H,2,5-8,10H2,1H3. The quantitative estimate of drug-likeness (QED) is 0.902. The summed E-state index contributed by atoms with van der Waals surface area (Å²) in [6, 6.07) is 3.37. The maximum atomic E-state index is 13.5. The van der Waals surface area contributed by atoms with Crippen LogP contribution in [0.25, 0.3) is 0 Å². The average Bonchev–Trinajstić information content (AvgIpc) is 2.44. The van der Waals surface area contributed by atoms with Crippen molar-refractivity contribution in [2.24, 2.45) is 0 Å². The van der Waals surface area contributed by atoms with Crippen LogP contribution in [0.15, 0.2) is 18.2 Å². The average molecular weight is 285 g/mol. The monoisotopic (exact) mass is 285 g/mol. The predicted molar refractivity (Wildman–Crippen MR) is 72.7 cm³/mol. The third kappa shape index (κ3) is 4.15. The molecular formula is C15H21F2NO2. The lowest BCUT2D eigenvalue weighted by Gasteiger charge is -2.33. The minimum absolute atomic E-state index is 0.0509. The van der Waals surface area contributed by atoms with Crippen LogP contribution in [0, 0.1) is 11.6 Å². The molecule has 3 nitrogen and oxygen atoms in total. The Labute approximate surface area is 118 Å². The SMILES string of the molecule is CCC(O)CN1CCC(Oc2ccc(F)cc2F)CC1. The molecule has 5 heteroatoms. The highest BCUT2D eigenvalue weighted by Crippen LogP contribution is 2.23. The van der Waals surface area contributed by atoms with E-state index in [0.717, 1.165) is 38.4 Å². The third-order valence-electron chi connectivity index (χ3n) is 3.66. The van der Waals surface area contributed by atoms with Gasteiger partial charge in [0.15, 0.2) is 11.6 Å². The highest BCUT2D eigenvalue weighted by atomic mass is 19.1. The lowest BCUT2D eigenvalue weighted by Crippen LogP contribution is -2.41. The summed E-state index contributed by atoms with van der Waals surface area (Å²) in [6.07, 6.45) is 1.98. The second kappa shape index (κ2) is 6.99. The Hall–Kier alpha value is -1.20. The van der Waals surface area contributed by atoms with E-state index in [1.54, 1.807) is 0 Å². The van der Waals surface area contributed by atoms with Crippen LogP contribution in [0.4, 0.5) is 8.78 Å². The summed E-state index contributed by atoms with van der Waals surface area (Å²) in [7, 11) is 0. The molecule has 0 aliphatic carbocycles. The molecule has 1 aromatic carbocycles. The second-order valence-electron chi connectivity index (χ2n) is 5.25. The lowest BCUT2D eigenvalue weighted by molar-refractivity contribution is 0.0585. The molecule has 0 amide bonds. The van der Waals surface area contributed by atoms with E-state index in [1.165, 1.54) is 12.1 Å². The van der Waals surface area contributed by atoms with Crippen molar-refractivity contribution >= 4 is 0 Å². The minimum Gasteiger partial charge on any atom is -0.487 e. The molecule has 1 heterocycles. The summed E-state index contributed by atoms with van der Waals surface area (Å²) in [4.78, 5) is 2.19. The molecule has 0 saturated carbocycles. The van der Waals surface area contributed by atoms with Gasteiger partial charge < -0.3 is 14.7 Å². The maximum Gasteiger partial charge on any atom is 0.167 e. The molecule has 0 radical (unpaired) electrons. The van der Waals surface area contributed by atoms with Crippen LogP contribution in [0.3, 0.4) is 0 Å². The number of rotatable bonds is 5. The summed E-state index contributed by atoms with van der Waals surface area (Å²) in [5.74, 6) is -1.15. The van der Waals surface area contributed by atoms with E-state index in [2.05, 4.69) is 4.90 Å². The van der Waals surface area contributed by atoms with E-state index in [1.807, 2.05) is 6.92 Å². The van der Waals surface area contributed by atoms with Crippen molar-refractivity contribution in [3.8, 4) is 5.75 Å². The van der Waals surface area contributed by atoms with Crippen LogP contribution in [0.2, 0.25) is 0 Å². The summed E-state index contributed by atoms with van der Waals surface area (Å²) in [5, 5.41) is 9.62. The molecule has 1 N–H and O–H groups in total. The molecule has 1 saturated heterocycles. The Bertz CT molecular complexity index is 434. The highest BCUT2D eigenvalue weighted by molar-refractivity contribution is 5.25. The topological polar surface area (TPSA) is 32.7 Å². The first-order valence-corrected chi connectivity index (χ1v) is 7.10. The van der Waals surface area contributed by atoms with E-state index in [-0.39, 0.29) is 18.0 Å². The first kappa shape index (κ1) is 15.2. The van der Waals surface area contributed by atoms with Crippen molar-refractivity contribution in [3.05, 3.63) is 29.8 Å². The number of ether oxygens (including phenoxy) is 1. The number of aliphatic hydroxyl groups excluding tert-OH is 1. The molecule has 1 aromatic rings. The van der Waals surface area contributed by atoms with Gasteiger partial charge in [0.25, 0.3) is 0 Å². The van der Waals surface area contributed by atoms with Crippen LogP contribution < -0.4 is 4.74 Å². The van der Waals surface area contributed by atoms with E-state index < -0.39 is 11.6 Å². The summed E-state index contributed by atoms with van der Waals surface area (Å²) in [5.41, 5.74) is 0. The molecule has 1 unspecified atom stereocenters. The number of piperidine rings is 1. The van der Waals surface area contributed by atoms with Gasteiger partial charge in [0.2, 0.25) is 0 Å². The Morgan fingerprint density at radius 3 is 2.65 bits per heavy atom. The molecule has 1 aliphatic rings. The van der Waals surface area contributed by atoms with Crippen LogP contribution >= 0.6 is 0 Å². The fourth-order valence-corrected chi connectivity index (χ4v) is 2.39. The van der Waals surface area contributed by atoms with Crippen LogP contribution in [0.5, 0.6) is 5.75 Å². The molecule has 1 aliphatic heterocycles. The van der Waals surface area contributed by atoms with E-state index in [4.69, 9.17) is 4.74 Å². The maximum absolute atomic E-state index is 13.5. The first-order chi connectivity index (χ1) is 9.58. The van der Waals surface area contributed by atoms with Crippen molar-refractivity contribution in [1.82, 2.24) is 4.90 Å². The summed E-state index contributed by atoms with van der Waals surface area (Å²) < 4.78 is 31.9. The predicted octanol–water partition coefficient (Wildman–Crippen LogP) is 2.58. The molecule has 112 valence electrons. The number of halogens is 2. The van der Waals surface area contributed by atoms with Crippen molar-refractivity contribution in [3.63, 3.8) is 0 Å². The summed E-state index contributed by atoms with van der Waals surface area (Å²) in [6.45, 7) is 4.28. The number of nitrogens with zero attached hydrogens (tertiary/aromatic N) is 1. The number of hydrogen-bond acceptors (Lipinski definition) is 3. The molecule has 1 atom stereocenters. The molecule has 0 bridgehead atoms. The van der Waals surface area contributed by atoms with Crippen LogP contribution in [-0.4, -0.2) is 41.8 Å². The Morgan fingerprint density at radius 1 is 1.35 bits per heavy atom. The van der Waals surface area contributed by atoms with Crippen LogP contribution in [-0.2, 0) is 0 Å². The largest absolute Gasteiger partial charge is 0.487 e. The van der Waals surface area contributed by atoms with Gasteiger partial charge in [-0.15, -0.1) is 0 Å². The van der Waals surface area contributed by atoms with E-state index in [0.29, 0.717) is 6.54 Å². The van der Waals surface area contributed by atoms with Crippen molar-refractivity contribution in [2.75, 3.05) is 19.6 Å². The summed E-state index contributed by atoms with van der Waals surface area (Å²) >= 11 is 0. The first-order valence-electron chi connectivity index (χ1n) is 7.10. The number of likely N-dealkylation sites (tertiary alicyclic amines) is 1. The molecule has 0 aromatic heterocycles. The zero-order valence-electron chi connectivity index (χ0n) is 11.7. The Morgan fingerprint density at radius 2 is 2.05 bits per heavy atom. The van der Waals surface area contributed by atoms with Gasteiger partial charge in [0, 0.05) is 25.7 Å². The third-order valence-corrected chi connectivity index (χ3v) is 3.66. The van der Waals surface area contributed by atoms with Crippen molar-refractivity contribution in [2.45, 2.75) is 38.4 Å². The molecule has 2 rings (SSSR count). The number of benzene rings is 1. The number of aliphatic hydroxyl groups is 1. The smallest absolute Gasteiger partial charge is 0.167 e. The fourth-order valence-electron chi connectivity index (χ4n) is 2.39. The fraction of sp³-hybridized carbons (Fsp3) is 0.600. The van der Waals surface area contributed by atoms with Crippen LogP contribution in [0.1, 0.15) is 26.2 Å². The van der Waals surface area contributed by atoms with Gasteiger partial charge in [-0.1, -0.05) is 6.92 Å². The number of β-amino-alcohol motifs (C(OH)–C–C–N with tert-alkyl or cyclic N) is 1. The van der Waals surface area contributed by atoms with Gasteiger partial charge in [-0.25, -0.2) is 8.78 Å². The van der Waals surface area contributed by atoms with Gasteiger partial charge in [0.1, 0.15) is 11.9 Å². The zero-order chi connectivity index (χ0) is 14.5. The van der Waals surface area contributed by atoms with Crippen molar-refractivity contribution in [1.29, 1.82) is 0 Å². The van der Waals surface area contributed by atoms with Gasteiger partial charge in [-0.05, 0) is 31.4 Å². The minimum atomic E-state index is -0.658. The van der Waals surface area contributed by atoms with Gasteiger partial charge in [-0.3, -0.25) is 0 Å². The molecule has 0 spiro atoms. The number of hydrogen-bond donors (Lipinski definition) is 1. The second-order valence-corrected chi connectivity index (χ2v) is 5.25. The van der Waals surface area contributed by atoms with E-state index >= 15 is 0 Å². The molecule has 20 heavy (non-hydrogen) atoms. The Balaban J connectivity index is 1.82. The zero-order valence-corrected chi connectivity index (χ0v) is 11.7. The van der Waals surface area contributed by atoms with Gasteiger partial charge in [-0.2, -0.15) is 0 Å². The van der Waals surface area contributed by atoms with Crippen molar-refractivity contribution < 1.29 is 18.6 Å². The normalized spacial score (nSPS) is 19.0. The molecular weight excluding hydrogens is 264 g/mol. The Kier molecular flexibility index (Phi) is 5.31. The highest BCUT2D eigenvalue weighted by Gasteiger charge is 2.22.